The van der Waals surface area contributed by atoms with Crippen LogP contribution < -0.4 is 11.1 Å². The summed E-state index contributed by atoms with van der Waals surface area (Å²) in [5.41, 5.74) is 6.13. The first kappa shape index (κ1) is 13.2. The van der Waals surface area contributed by atoms with E-state index in [0.29, 0.717) is 6.54 Å². The summed E-state index contributed by atoms with van der Waals surface area (Å²) in [7, 11) is 0. The number of nitrogens with zero attached hydrogens (tertiary/aromatic N) is 3. The van der Waals surface area contributed by atoms with Crippen LogP contribution in [0, 0.1) is 10.1 Å². The second-order valence-electron chi connectivity index (χ2n) is 3.69. The average Bonchev–Trinajstić information content (AvgIpc) is 2.37. The quantitative estimate of drug-likeness (QED) is 0.660. The van der Waals surface area contributed by atoms with Crippen LogP contribution in [0.4, 0.5) is 17.3 Å². The predicted octanol–water partition coefficient (Wildman–Crippen LogP) is 2.34. The van der Waals surface area contributed by atoms with Gasteiger partial charge in [-0.05, 0) is 17.7 Å². The smallest absolute Gasteiger partial charge is 0.352 e. The van der Waals surface area contributed by atoms with Crippen LogP contribution in [-0.4, -0.2) is 14.9 Å². The van der Waals surface area contributed by atoms with Crippen molar-refractivity contribution >= 4 is 33.3 Å². The minimum Gasteiger partial charge on any atom is -0.378 e. The summed E-state index contributed by atoms with van der Waals surface area (Å²) in [5, 5.41) is 13.8. The van der Waals surface area contributed by atoms with Crippen LogP contribution in [0.15, 0.2) is 35.1 Å². The molecule has 8 heteroatoms. The van der Waals surface area contributed by atoms with Crippen molar-refractivity contribution < 1.29 is 4.92 Å². The van der Waals surface area contributed by atoms with Gasteiger partial charge in [0.2, 0.25) is 11.6 Å². The molecule has 0 aliphatic heterocycles. The van der Waals surface area contributed by atoms with Gasteiger partial charge in [-0.2, -0.15) is 0 Å². The molecule has 0 radical (unpaired) electrons. The molecule has 2 rings (SSSR count). The van der Waals surface area contributed by atoms with Gasteiger partial charge < -0.3 is 11.1 Å². The van der Waals surface area contributed by atoms with Gasteiger partial charge in [0.25, 0.3) is 0 Å². The Labute approximate surface area is 117 Å². The fraction of sp³-hybridized carbons (Fsp3) is 0.0909. The molecule has 19 heavy (non-hydrogen) atoms. The van der Waals surface area contributed by atoms with E-state index in [1.54, 1.807) is 0 Å². The Hall–Kier alpha value is -2.22. The zero-order valence-electron chi connectivity index (χ0n) is 9.71. The summed E-state index contributed by atoms with van der Waals surface area (Å²) in [5.74, 6) is -0.0428. The van der Waals surface area contributed by atoms with Gasteiger partial charge in [0.1, 0.15) is 6.33 Å². The lowest BCUT2D eigenvalue weighted by atomic mass is 10.2. The molecule has 0 spiro atoms. The molecule has 0 fully saturated rings. The molecule has 98 valence electrons. The van der Waals surface area contributed by atoms with Crippen molar-refractivity contribution in [1.82, 2.24) is 9.97 Å². The summed E-state index contributed by atoms with van der Waals surface area (Å²) < 4.78 is 0.966. The molecule has 0 aliphatic carbocycles. The van der Waals surface area contributed by atoms with Crippen LogP contribution in [0.25, 0.3) is 0 Å². The largest absolute Gasteiger partial charge is 0.378 e. The second kappa shape index (κ2) is 5.61. The lowest BCUT2D eigenvalue weighted by molar-refractivity contribution is -0.383. The van der Waals surface area contributed by atoms with Crippen molar-refractivity contribution in [1.29, 1.82) is 0 Å². The first-order valence-corrected chi connectivity index (χ1v) is 6.10. The van der Waals surface area contributed by atoms with E-state index in [9.17, 15) is 10.1 Å². The Balaban J connectivity index is 2.18. The van der Waals surface area contributed by atoms with Crippen LogP contribution in [0.1, 0.15) is 5.56 Å². The molecule has 0 saturated heterocycles. The van der Waals surface area contributed by atoms with Crippen LogP contribution in [0.3, 0.4) is 0 Å². The van der Waals surface area contributed by atoms with Crippen molar-refractivity contribution in [3.63, 3.8) is 0 Å². The molecule has 1 aromatic heterocycles. The van der Waals surface area contributed by atoms with Crippen molar-refractivity contribution in [3.8, 4) is 0 Å². The fourth-order valence-electron chi connectivity index (χ4n) is 1.49. The van der Waals surface area contributed by atoms with Crippen LogP contribution in [0.5, 0.6) is 0 Å². The third kappa shape index (κ3) is 3.16. The molecule has 0 amide bonds. The first-order chi connectivity index (χ1) is 9.08. The third-order valence-electron chi connectivity index (χ3n) is 2.41. The molecule has 1 aromatic carbocycles. The van der Waals surface area contributed by atoms with Gasteiger partial charge in [-0.25, -0.2) is 9.97 Å². The summed E-state index contributed by atoms with van der Waals surface area (Å²) in [6.07, 6.45) is 1.19. The maximum Gasteiger partial charge on any atom is 0.352 e. The van der Waals surface area contributed by atoms with Gasteiger partial charge >= 0.3 is 5.69 Å². The molecule has 3 N–H and O–H groups in total. The fourth-order valence-corrected chi connectivity index (χ4v) is 1.75. The number of benzene rings is 1. The van der Waals surface area contributed by atoms with E-state index < -0.39 is 4.92 Å². The van der Waals surface area contributed by atoms with E-state index >= 15 is 0 Å². The summed E-state index contributed by atoms with van der Waals surface area (Å²) in [6.45, 7) is 0.407. The van der Waals surface area contributed by atoms with Crippen molar-refractivity contribution in [3.05, 3.63) is 50.7 Å². The molecular formula is C11H10BrN5O2. The monoisotopic (exact) mass is 323 g/mol. The highest BCUT2D eigenvalue weighted by atomic mass is 79.9. The van der Waals surface area contributed by atoms with E-state index in [-0.39, 0.29) is 17.3 Å². The van der Waals surface area contributed by atoms with Gasteiger partial charge in [-0.3, -0.25) is 10.1 Å². The minimum absolute atomic E-state index is 0.111. The van der Waals surface area contributed by atoms with Gasteiger partial charge in [0, 0.05) is 11.0 Å². The lowest BCUT2D eigenvalue weighted by Crippen LogP contribution is -2.07. The number of aromatic nitrogens is 2. The molecular weight excluding hydrogens is 314 g/mol. The number of halogens is 1. The van der Waals surface area contributed by atoms with Crippen LogP contribution >= 0.6 is 15.9 Å². The Morgan fingerprint density at radius 2 is 2.00 bits per heavy atom. The zero-order chi connectivity index (χ0) is 13.8. The van der Waals surface area contributed by atoms with Gasteiger partial charge in [-0.1, -0.05) is 28.1 Å². The topological polar surface area (TPSA) is 107 Å². The van der Waals surface area contributed by atoms with Gasteiger partial charge in [0.05, 0.1) is 4.92 Å². The second-order valence-corrected chi connectivity index (χ2v) is 4.61. The summed E-state index contributed by atoms with van der Waals surface area (Å²) in [6, 6.07) is 7.57. The SMILES string of the molecule is Nc1ncnc(NCc2ccc(Br)cc2)c1[N+](=O)[O-]. The number of rotatable bonds is 4. The molecule has 0 atom stereocenters. The number of hydrogen-bond donors (Lipinski definition) is 2. The van der Waals surface area contributed by atoms with E-state index in [4.69, 9.17) is 5.73 Å². The van der Waals surface area contributed by atoms with Gasteiger partial charge in [0.15, 0.2) is 0 Å². The van der Waals surface area contributed by atoms with Crippen molar-refractivity contribution in [2.75, 3.05) is 11.1 Å². The molecule has 1 heterocycles. The Morgan fingerprint density at radius 3 is 2.63 bits per heavy atom. The molecule has 0 aliphatic rings. The van der Waals surface area contributed by atoms with Crippen LogP contribution in [-0.2, 0) is 6.54 Å². The Bertz CT molecular complexity index is 603. The molecule has 2 aromatic rings. The maximum absolute atomic E-state index is 10.9. The number of nitrogens with two attached hydrogens (primary N) is 1. The van der Waals surface area contributed by atoms with Gasteiger partial charge in [-0.15, -0.1) is 0 Å². The molecule has 0 bridgehead atoms. The van der Waals surface area contributed by atoms with E-state index in [1.807, 2.05) is 24.3 Å². The zero-order valence-corrected chi connectivity index (χ0v) is 11.3. The standard InChI is InChI=1S/C11H10BrN5O2/c12-8-3-1-7(2-4-8)5-14-11-9(17(18)19)10(13)15-6-16-11/h1-4,6H,5H2,(H3,13,14,15,16). The van der Waals surface area contributed by atoms with E-state index in [1.165, 1.54) is 6.33 Å². The predicted molar refractivity (Wildman–Crippen MR) is 74.6 cm³/mol. The molecule has 0 saturated carbocycles. The maximum atomic E-state index is 10.9. The van der Waals surface area contributed by atoms with E-state index in [0.717, 1.165) is 10.0 Å². The number of nitrogen functional groups attached to an aromatic ring is 1. The third-order valence-corrected chi connectivity index (χ3v) is 2.94. The number of anilines is 2. The van der Waals surface area contributed by atoms with Crippen molar-refractivity contribution in [2.45, 2.75) is 6.54 Å². The minimum atomic E-state index is -0.598. The van der Waals surface area contributed by atoms with E-state index in [2.05, 4.69) is 31.2 Å². The highest BCUT2D eigenvalue weighted by Gasteiger charge is 2.20. The molecule has 0 unspecified atom stereocenters. The lowest BCUT2D eigenvalue weighted by Gasteiger charge is -2.06. The number of nitro groups is 1. The first-order valence-electron chi connectivity index (χ1n) is 5.31. The highest BCUT2D eigenvalue weighted by molar-refractivity contribution is 9.10. The Kier molecular flexibility index (Phi) is 3.91. The highest BCUT2D eigenvalue weighted by Crippen LogP contribution is 2.26. The van der Waals surface area contributed by atoms with Crippen LogP contribution in [0.2, 0.25) is 0 Å². The summed E-state index contributed by atoms with van der Waals surface area (Å²) >= 11 is 3.33. The summed E-state index contributed by atoms with van der Waals surface area (Å²) in [4.78, 5) is 17.7. The van der Waals surface area contributed by atoms with Crippen molar-refractivity contribution in [2.24, 2.45) is 0 Å². The number of nitrogens with one attached hydrogen (secondary N) is 1. The average molecular weight is 324 g/mol. The Morgan fingerprint density at radius 1 is 1.32 bits per heavy atom. The molecule has 7 nitrogen and oxygen atoms in total. The normalized spacial score (nSPS) is 10.2. The number of hydrogen-bond acceptors (Lipinski definition) is 6.